The van der Waals surface area contributed by atoms with Crippen LogP contribution in [-0.2, 0) is 6.54 Å². The molecule has 3 aromatic carbocycles. The van der Waals surface area contributed by atoms with Crippen LogP contribution in [0.3, 0.4) is 0 Å². The Morgan fingerprint density at radius 3 is 2.39 bits per heavy atom. The lowest BCUT2D eigenvalue weighted by Gasteiger charge is -2.34. The van der Waals surface area contributed by atoms with Crippen molar-refractivity contribution in [3.05, 3.63) is 76.8 Å². The number of fused-ring (bicyclic) bond motifs is 3. The fraction of sp³-hybridized carbons (Fsp3) is 0.486. The van der Waals surface area contributed by atoms with Crippen molar-refractivity contribution in [3.8, 4) is 5.75 Å². The van der Waals surface area contributed by atoms with Crippen molar-refractivity contribution >= 4 is 39.4 Å². The van der Waals surface area contributed by atoms with E-state index in [0.717, 1.165) is 63.3 Å². The molecule has 3 heterocycles. The van der Waals surface area contributed by atoms with E-state index in [0.29, 0.717) is 22.9 Å². The Labute approximate surface area is 266 Å². The van der Waals surface area contributed by atoms with Crippen LogP contribution in [0, 0.1) is 5.41 Å². The van der Waals surface area contributed by atoms with Gasteiger partial charge in [-0.2, -0.15) is 0 Å². The normalized spacial score (nSPS) is 17.9. The van der Waals surface area contributed by atoms with E-state index in [1.165, 1.54) is 48.4 Å². The average Bonchev–Trinajstić information content (AvgIpc) is 3.37. The summed E-state index contributed by atoms with van der Waals surface area (Å²) < 4.78 is 12.3. The first-order valence-electron chi connectivity index (χ1n) is 16.4. The number of piperidine rings is 1. The number of hydrogen-bond acceptors (Lipinski definition) is 5. The molecule has 2 saturated heterocycles. The van der Waals surface area contributed by atoms with Gasteiger partial charge in [0, 0.05) is 49.1 Å². The summed E-state index contributed by atoms with van der Waals surface area (Å²) in [6, 6.07) is 20.1. The number of furan rings is 1. The Morgan fingerprint density at radius 1 is 0.886 bits per heavy atom. The molecule has 4 aromatic rings. The van der Waals surface area contributed by atoms with Gasteiger partial charge in [-0.3, -0.25) is 9.69 Å². The topological polar surface area (TPSA) is 58.0 Å². The van der Waals surface area contributed by atoms with Gasteiger partial charge in [-0.05, 0) is 86.1 Å². The number of para-hydroxylation sites is 1. The van der Waals surface area contributed by atoms with Gasteiger partial charge in [0.1, 0.15) is 23.0 Å². The van der Waals surface area contributed by atoms with Crippen molar-refractivity contribution in [3.63, 3.8) is 0 Å². The Hall–Kier alpha value is -3.06. The maximum Gasteiger partial charge on any atom is 0.251 e. The smallest absolute Gasteiger partial charge is 0.251 e. The molecule has 44 heavy (non-hydrogen) atoms. The molecule has 6 nitrogen and oxygen atoms in total. The van der Waals surface area contributed by atoms with Gasteiger partial charge in [0.05, 0.1) is 5.02 Å². The largest absolute Gasteiger partial charge is 0.489 e. The van der Waals surface area contributed by atoms with Crippen LogP contribution in [0.25, 0.3) is 21.9 Å². The fourth-order valence-corrected chi connectivity index (χ4v) is 7.01. The molecular formula is C37H46ClN3O3. The van der Waals surface area contributed by atoms with Crippen LogP contribution < -0.4 is 10.1 Å². The van der Waals surface area contributed by atoms with Crippen molar-refractivity contribution in [2.75, 3.05) is 39.3 Å². The van der Waals surface area contributed by atoms with E-state index >= 15 is 0 Å². The van der Waals surface area contributed by atoms with Gasteiger partial charge < -0.3 is 19.4 Å². The van der Waals surface area contributed by atoms with Crippen molar-refractivity contribution in [2.24, 2.45) is 5.41 Å². The van der Waals surface area contributed by atoms with Gasteiger partial charge in [-0.15, -0.1) is 0 Å². The van der Waals surface area contributed by atoms with Crippen LogP contribution in [-0.4, -0.2) is 61.1 Å². The van der Waals surface area contributed by atoms with Crippen molar-refractivity contribution in [2.45, 2.75) is 71.4 Å². The van der Waals surface area contributed by atoms with Gasteiger partial charge >= 0.3 is 0 Å². The number of amides is 1. The molecule has 0 bridgehead atoms. The highest BCUT2D eigenvalue weighted by Gasteiger charge is 2.25. The van der Waals surface area contributed by atoms with E-state index in [-0.39, 0.29) is 17.4 Å². The van der Waals surface area contributed by atoms with Crippen LogP contribution in [0.1, 0.15) is 74.7 Å². The molecule has 1 aromatic heterocycles. The number of hydrogen-bond donors (Lipinski definition) is 1. The molecule has 234 valence electrons. The molecule has 0 aliphatic carbocycles. The molecule has 0 atom stereocenters. The highest BCUT2D eigenvalue weighted by Crippen LogP contribution is 2.31. The minimum absolute atomic E-state index is 0.00303. The predicted molar refractivity (Wildman–Crippen MR) is 180 cm³/mol. The van der Waals surface area contributed by atoms with Gasteiger partial charge in [0.2, 0.25) is 0 Å². The van der Waals surface area contributed by atoms with E-state index in [2.05, 4.69) is 59.3 Å². The van der Waals surface area contributed by atoms with Crippen LogP contribution >= 0.6 is 11.6 Å². The Morgan fingerprint density at radius 2 is 1.61 bits per heavy atom. The summed E-state index contributed by atoms with van der Waals surface area (Å²) in [5.74, 6) is 0.561. The quantitative estimate of drug-likeness (QED) is 0.205. The number of benzene rings is 3. The minimum Gasteiger partial charge on any atom is -0.489 e. The number of carbonyl (C=O) groups excluding carboxylic acids is 1. The number of rotatable bonds is 9. The number of nitrogens with one attached hydrogen (secondary N) is 1. The van der Waals surface area contributed by atoms with Crippen molar-refractivity contribution in [1.82, 2.24) is 15.1 Å². The fourth-order valence-electron chi connectivity index (χ4n) is 6.79. The molecule has 0 unspecified atom stereocenters. The third-order valence-electron chi connectivity index (χ3n) is 9.20. The summed E-state index contributed by atoms with van der Waals surface area (Å²) in [7, 11) is 0. The predicted octanol–water partition coefficient (Wildman–Crippen LogP) is 8.30. The molecule has 0 spiro atoms. The molecule has 1 N–H and O–H groups in total. The van der Waals surface area contributed by atoms with Gasteiger partial charge in [0.25, 0.3) is 5.91 Å². The van der Waals surface area contributed by atoms with E-state index in [1.54, 1.807) is 6.07 Å². The monoisotopic (exact) mass is 615 g/mol. The van der Waals surface area contributed by atoms with Crippen molar-refractivity contribution in [1.29, 1.82) is 0 Å². The first kappa shape index (κ1) is 30.9. The maximum absolute atomic E-state index is 13.0. The summed E-state index contributed by atoms with van der Waals surface area (Å²) in [5.41, 5.74) is 3.73. The summed E-state index contributed by atoms with van der Waals surface area (Å²) in [6.07, 6.45) is 8.54. The second-order valence-electron chi connectivity index (χ2n) is 13.6. The lowest BCUT2D eigenvalue weighted by molar-refractivity contribution is 0.0917. The van der Waals surface area contributed by atoms with Gasteiger partial charge in [0.15, 0.2) is 0 Å². The van der Waals surface area contributed by atoms with Crippen molar-refractivity contribution < 1.29 is 13.9 Å². The second kappa shape index (κ2) is 13.9. The zero-order valence-electron chi connectivity index (χ0n) is 26.2. The number of carbonyl (C=O) groups is 1. The van der Waals surface area contributed by atoms with Crippen LogP contribution in [0.15, 0.2) is 65.1 Å². The molecule has 6 rings (SSSR count). The summed E-state index contributed by atoms with van der Waals surface area (Å²) in [4.78, 5) is 18.1. The molecule has 1 amide bonds. The number of likely N-dealkylation sites (tertiary alicyclic amines) is 2. The Bertz CT molecular complexity index is 1570. The highest BCUT2D eigenvalue weighted by atomic mass is 35.5. The molecule has 0 radical (unpaired) electrons. The third-order valence-corrected chi connectivity index (χ3v) is 9.49. The van der Waals surface area contributed by atoms with Gasteiger partial charge in [-0.1, -0.05) is 69.0 Å². The van der Waals surface area contributed by atoms with Gasteiger partial charge in [-0.25, -0.2) is 0 Å². The second-order valence-corrected chi connectivity index (χ2v) is 14.0. The Balaban J connectivity index is 0.973. The highest BCUT2D eigenvalue weighted by molar-refractivity contribution is 6.32. The Kier molecular flexibility index (Phi) is 9.80. The van der Waals surface area contributed by atoms with E-state index in [1.807, 2.05) is 24.3 Å². The van der Waals surface area contributed by atoms with Crippen LogP contribution in [0.5, 0.6) is 5.75 Å². The lowest BCUT2D eigenvalue weighted by atomic mass is 9.91. The first-order valence-corrected chi connectivity index (χ1v) is 16.8. The molecular weight excluding hydrogens is 570 g/mol. The molecule has 2 aliphatic rings. The maximum atomic E-state index is 13.0. The first-order chi connectivity index (χ1) is 21.3. The molecule has 7 heteroatoms. The number of nitrogens with zero attached hydrogens (tertiary/aromatic N) is 2. The lowest BCUT2D eigenvalue weighted by Crippen LogP contribution is -2.43. The molecule has 2 aliphatic heterocycles. The summed E-state index contributed by atoms with van der Waals surface area (Å²) >= 11 is 6.63. The summed E-state index contributed by atoms with van der Waals surface area (Å²) in [6.45, 7) is 11.2. The zero-order valence-corrected chi connectivity index (χ0v) is 27.0. The molecule has 2 fully saturated rings. The standard InChI is InChI=1S/C37H46ClN3O3/c1-37(2,26-41-18-8-4-3-5-9-19-41)25-39-36(42)28-13-15-35(32(38)23-28)43-29-16-20-40(21-17-29)24-27-12-14-34-31(22-27)30-10-6-7-11-33(30)44-34/h6-7,10-15,22-23,29H,3-5,8-9,16-21,24-26H2,1-2H3,(H,39,42). The van der Waals surface area contributed by atoms with E-state index < -0.39 is 0 Å². The third kappa shape index (κ3) is 7.77. The van der Waals surface area contributed by atoms with E-state index in [4.69, 9.17) is 20.8 Å². The number of ether oxygens (including phenoxy) is 1. The SMILES string of the molecule is CC(C)(CNC(=O)c1ccc(OC2CCN(Cc3ccc4oc5ccccc5c4c3)CC2)c(Cl)c1)CN1CCCCCCC1. The average molecular weight is 616 g/mol. The van der Waals surface area contributed by atoms with E-state index in [9.17, 15) is 4.79 Å². The minimum atomic E-state index is -0.0888. The van der Waals surface area contributed by atoms with Crippen LogP contribution in [0.2, 0.25) is 5.02 Å². The zero-order chi connectivity index (χ0) is 30.5. The summed E-state index contributed by atoms with van der Waals surface area (Å²) in [5, 5.41) is 5.98. The molecule has 0 saturated carbocycles. The van der Waals surface area contributed by atoms with Crippen LogP contribution in [0.4, 0.5) is 0 Å². The number of halogens is 1.